The molecule has 1 unspecified atom stereocenters. The maximum Gasteiger partial charge on any atom is 0.266 e. The number of aliphatic hydroxyl groups excluding tert-OH is 1. The summed E-state index contributed by atoms with van der Waals surface area (Å²) >= 11 is 0. The van der Waals surface area contributed by atoms with Gasteiger partial charge in [0.15, 0.2) is 18.2 Å². The summed E-state index contributed by atoms with van der Waals surface area (Å²) in [6.45, 7) is 0.903. The Morgan fingerprint density at radius 1 is 1.09 bits per heavy atom. The standard InChI is InChI=1S/C28H33FN6O5S.CH2F2/c1-41(38,39)33-14-10-24-23(17-33)27(19-4-6-20(29)7-5-19)31-34(24)16-22(36)15-32-12-8-21(9-13-32)35-26(37)18-40-25-3-2-11-30-28(25)35;2-1-3/h2-7,11,21-22,36H,8-10,12-18H2,1H3;1H2. The number of sulfonamides is 1. The Balaban J connectivity index is 0.00000123. The molecule has 3 aliphatic heterocycles. The van der Waals surface area contributed by atoms with Crippen molar-refractivity contribution in [2.45, 2.75) is 44.5 Å². The van der Waals surface area contributed by atoms with Gasteiger partial charge in [0.05, 0.1) is 24.6 Å². The Hall–Kier alpha value is -3.53. The highest BCUT2D eigenvalue weighted by Crippen LogP contribution is 2.34. The number of ether oxygens (including phenoxy) is 1. The van der Waals surface area contributed by atoms with Crippen molar-refractivity contribution in [1.82, 2.24) is 24.0 Å². The van der Waals surface area contributed by atoms with Gasteiger partial charge in [0.25, 0.3) is 5.91 Å². The van der Waals surface area contributed by atoms with Gasteiger partial charge >= 0.3 is 0 Å². The molecule has 1 fully saturated rings. The number of aromatic nitrogens is 3. The van der Waals surface area contributed by atoms with E-state index in [1.807, 2.05) is 6.07 Å². The SMILES string of the molecule is CS(=O)(=O)N1CCc2c(c(-c3ccc(F)cc3)nn2CC(O)CN2CCC(N3C(=O)COc4cccnc43)CC2)C1.FCF. The Morgan fingerprint density at radius 3 is 2.48 bits per heavy atom. The largest absolute Gasteiger partial charge is 0.480 e. The molecule has 238 valence electrons. The normalized spacial score (nSPS) is 18.6. The molecule has 0 bridgehead atoms. The minimum Gasteiger partial charge on any atom is -0.480 e. The van der Waals surface area contributed by atoms with Crippen molar-refractivity contribution in [2.75, 3.05) is 50.9 Å². The fraction of sp³-hybridized carbons (Fsp3) is 0.483. The summed E-state index contributed by atoms with van der Waals surface area (Å²) in [5, 5.41) is 15.9. The first-order chi connectivity index (χ1) is 21.1. The van der Waals surface area contributed by atoms with Gasteiger partial charge in [-0.25, -0.2) is 26.6 Å². The number of hydrogen-bond donors (Lipinski definition) is 1. The van der Waals surface area contributed by atoms with Gasteiger partial charge in [-0.15, -0.1) is 0 Å². The topological polar surface area (TPSA) is 121 Å². The second-order valence-corrected chi connectivity index (χ2v) is 13.0. The van der Waals surface area contributed by atoms with E-state index in [4.69, 9.17) is 9.84 Å². The summed E-state index contributed by atoms with van der Waals surface area (Å²) < 4.78 is 66.1. The van der Waals surface area contributed by atoms with E-state index in [0.717, 1.165) is 37.2 Å². The van der Waals surface area contributed by atoms with Gasteiger partial charge in [0, 0.05) is 68.2 Å². The van der Waals surface area contributed by atoms with Crippen molar-refractivity contribution in [3.05, 3.63) is 59.7 Å². The molecule has 1 amide bonds. The van der Waals surface area contributed by atoms with Gasteiger partial charge in [-0.1, -0.05) is 0 Å². The van der Waals surface area contributed by atoms with E-state index in [1.165, 1.54) is 22.7 Å². The van der Waals surface area contributed by atoms with Gasteiger partial charge in [0.2, 0.25) is 17.0 Å². The monoisotopic (exact) mass is 636 g/mol. The van der Waals surface area contributed by atoms with Crippen LogP contribution in [0, 0.1) is 5.82 Å². The number of carbonyl (C=O) groups is 1. The molecule has 1 atom stereocenters. The van der Waals surface area contributed by atoms with Crippen molar-refractivity contribution in [2.24, 2.45) is 0 Å². The van der Waals surface area contributed by atoms with Crippen molar-refractivity contribution < 1.29 is 36.2 Å². The summed E-state index contributed by atoms with van der Waals surface area (Å²) in [5.41, 5.74) is 2.97. The van der Waals surface area contributed by atoms with Gasteiger partial charge in [-0.05, 0) is 49.2 Å². The number of fused-ring (bicyclic) bond motifs is 2. The van der Waals surface area contributed by atoms with Crippen LogP contribution in [0.5, 0.6) is 5.75 Å². The molecular formula is C29H35F3N6O5S. The first-order valence-electron chi connectivity index (χ1n) is 14.3. The molecule has 11 nitrogen and oxygen atoms in total. The molecule has 1 aromatic carbocycles. The van der Waals surface area contributed by atoms with Crippen LogP contribution >= 0.6 is 0 Å². The minimum absolute atomic E-state index is 0.00761. The van der Waals surface area contributed by atoms with Gasteiger partial charge in [0.1, 0.15) is 5.82 Å². The predicted octanol–water partition coefficient (Wildman–Crippen LogP) is 2.54. The maximum absolute atomic E-state index is 13.6. The minimum atomic E-state index is -3.40. The molecule has 0 radical (unpaired) electrons. The van der Waals surface area contributed by atoms with Crippen LogP contribution in [0.15, 0.2) is 42.6 Å². The van der Waals surface area contributed by atoms with E-state index >= 15 is 0 Å². The Labute approximate surface area is 253 Å². The van der Waals surface area contributed by atoms with Gasteiger partial charge in [-0.2, -0.15) is 9.40 Å². The number of benzene rings is 1. The molecular weight excluding hydrogens is 601 g/mol. The summed E-state index contributed by atoms with van der Waals surface area (Å²) in [5.74, 6) is 0.728. The number of likely N-dealkylation sites (tertiary alicyclic amines) is 1. The van der Waals surface area contributed by atoms with Gasteiger partial charge in [-0.3, -0.25) is 14.4 Å². The second-order valence-electron chi connectivity index (χ2n) is 11.0. The molecule has 3 aromatic rings. The number of amides is 1. The van der Waals surface area contributed by atoms with Crippen LogP contribution in [0.2, 0.25) is 0 Å². The Morgan fingerprint density at radius 2 is 1.80 bits per heavy atom. The predicted molar refractivity (Wildman–Crippen MR) is 156 cm³/mol. The Bertz CT molecular complexity index is 1560. The average Bonchev–Trinajstić information content (AvgIpc) is 3.35. The summed E-state index contributed by atoms with van der Waals surface area (Å²) in [7, 11) is -3.40. The van der Waals surface area contributed by atoms with Crippen molar-refractivity contribution >= 4 is 21.7 Å². The molecule has 3 aliphatic rings. The third-order valence-corrected chi connectivity index (χ3v) is 9.31. The van der Waals surface area contributed by atoms with E-state index in [0.29, 0.717) is 42.3 Å². The van der Waals surface area contributed by atoms with E-state index in [-0.39, 0.29) is 37.5 Å². The number of rotatable bonds is 7. The summed E-state index contributed by atoms with van der Waals surface area (Å²) in [4.78, 5) is 21.0. The average molecular weight is 637 g/mol. The number of piperidine rings is 1. The summed E-state index contributed by atoms with van der Waals surface area (Å²) in [6, 6.07) is 9.61. The van der Waals surface area contributed by atoms with Crippen LogP contribution in [0.3, 0.4) is 0 Å². The van der Waals surface area contributed by atoms with Crippen LogP contribution in [-0.4, -0.2) is 102 Å². The molecule has 0 spiro atoms. The highest BCUT2D eigenvalue weighted by atomic mass is 32.2. The lowest BCUT2D eigenvalue weighted by Crippen LogP contribution is -2.52. The van der Waals surface area contributed by atoms with E-state index < -0.39 is 23.1 Å². The van der Waals surface area contributed by atoms with Crippen LogP contribution in [0.25, 0.3) is 11.3 Å². The number of halogens is 3. The number of hydrogen-bond acceptors (Lipinski definition) is 8. The number of anilines is 1. The molecule has 44 heavy (non-hydrogen) atoms. The van der Waals surface area contributed by atoms with E-state index in [1.54, 1.807) is 34.0 Å². The van der Waals surface area contributed by atoms with Crippen LogP contribution in [-0.2, 0) is 34.3 Å². The molecule has 0 saturated carbocycles. The fourth-order valence-electron chi connectivity index (χ4n) is 6.03. The lowest BCUT2D eigenvalue weighted by atomic mass is 10.0. The number of nitrogens with zero attached hydrogens (tertiary/aromatic N) is 6. The molecule has 6 rings (SSSR count). The first kappa shape index (κ1) is 31.9. The van der Waals surface area contributed by atoms with E-state index in [2.05, 4.69) is 9.88 Å². The molecule has 0 aliphatic carbocycles. The highest BCUT2D eigenvalue weighted by molar-refractivity contribution is 7.88. The molecule has 1 N–H and O–H groups in total. The van der Waals surface area contributed by atoms with E-state index in [9.17, 15) is 31.5 Å². The van der Waals surface area contributed by atoms with Crippen LogP contribution in [0.1, 0.15) is 24.1 Å². The first-order valence-corrected chi connectivity index (χ1v) is 16.2. The molecule has 2 aromatic heterocycles. The third kappa shape index (κ3) is 7.06. The molecule has 5 heterocycles. The van der Waals surface area contributed by atoms with Crippen molar-refractivity contribution in [3.63, 3.8) is 0 Å². The van der Waals surface area contributed by atoms with Crippen LogP contribution < -0.4 is 9.64 Å². The zero-order chi connectivity index (χ0) is 31.4. The molecule has 1 saturated heterocycles. The van der Waals surface area contributed by atoms with Crippen molar-refractivity contribution in [3.8, 4) is 17.0 Å². The van der Waals surface area contributed by atoms with Crippen LogP contribution in [0.4, 0.5) is 19.0 Å². The van der Waals surface area contributed by atoms with Gasteiger partial charge < -0.3 is 14.7 Å². The fourth-order valence-corrected chi connectivity index (χ4v) is 6.82. The lowest BCUT2D eigenvalue weighted by Gasteiger charge is -2.40. The number of β-amino-alcohol motifs (C(OH)–C–C–N with tert-alkyl or cyclic N) is 1. The number of carbonyl (C=O) groups excluding carboxylic acids is 1. The lowest BCUT2D eigenvalue weighted by molar-refractivity contribution is -0.122. The second kappa shape index (κ2) is 13.6. The maximum atomic E-state index is 13.6. The number of aliphatic hydroxyl groups is 1. The Kier molecular flexibility index (Phi) is 9.87. The highest BCUT2D eigenvalue weighted by Gasteiger charge is 2.35. The third-order valence-electron chi connectivity index (χ3n) is 8.06. The quantitative estimate of drug-likeness (QED) is 0.420. The zero-order valence-electron chi connectivity index (χ0n) is 24.3. The smallest absolute Gasteiger partial charge is 0.266 e. The molecule has 15 heteroatoms. The number of pyridine rings is 1. The summed E-state index contributed by atoms with van der Waals surface area (Å²) in [6.07, 6.45) is 4.11. The number of alkyl halides is 2. The zero-order valence-corrected chi connectivity index (χ0v) is 25.1. The van der Waals surface area contributed by atoms with Crippen molar-refractivity contribution in [1.29, 1.82) is 0 Å².